The molecule has 2 aromatic rings. The lowest BCUT2D eigenvalue weighted by Crippen LogP contribution is -2.48. The minimum Gasteiger partial charge on any atom is -0.378 e. The fourth-order valence-corrected chi connectivity index (χ4v) is 3.95. The maximum Gasteiger partial charge on any atom is 0.320 e. The summed E-state index contributed by atoms with van der Waals surface area (Å²) in [5.41, 5.74) is -0.0368. The van der Waals surface area contributed by atoms with Gasteiger partial charge in [-0.15, -0.1) is 0 Å². The number of hydrogen-bond acceptors (Lipinski definition) is 4. The molecule has 1 aromatic heterocycles. The Morgan fingerprint density at radius 1 is 1.21 bits per heavy atom. The number of fused-ring (bicyclic) bond motifs is 1. The molecule has 4 rings (SSSR count). The predicted octanol–water partition coefficient (Wildman–Crippen LogP) is 2.25. The number of ether oxygens (including phenoxy) is 1. The Morgan fingerprint density at radius 3 is 2.71 bits per heavy atom. The zero-order valence-corrected chi connectivity index (χ0v) is 15.4. The number of benzene rings is 1. The van der Waals surface area contributed by atoms with Gasteiger partial charge in [0.1, 0.15) is 5.82 Å². The normalized spacial score (nSPS) is 20.3. The first kappa shape index (κ1) is 18.8. The molecule has 2 amide bonds. The molecule has 2 saturated heterocycles. The largest absolute Gasteiger partial charge is 0.378 e. The van der Waals surface area contributed by atoms with E-state index in [2.05, 4.69) is 4.98 Å². The summed E-state index contributed by atoms with van der Waals surface area (Å²) in [5, 5.41) is 0.302. The summed E-state index contributed by atoms with van der Waals surface area (Å²) in [6.07, 6.45) is -1.37. The number of carbonyl (C=O) groups is 1. The zero-order chi connectivity index (χ0) is 19.7. The van der Waals surface area contributed by atoms with Gasteiger partial charge in [0.15, 0.2) is 0 Å². The average molecular weight is 392 g/mol. The Labute approximate surface area is 160 Å². The lowest BCUT2D eigenvalue weighted by Gasteiger charge is -2.34. The Morgan fingerprint density at radius 2 is 1.96 bits per heavy atom. The molecule has 2 fully saturated rings. The minimum atomic E-state index is -2.69. The molecule has 7 nitrogen and oxygen atoms in total. The van der Waals surface area contributed by atoms with Crippen molar-refractivity contribution in [2.24, 2.45) is 0 Å². The lowest BCUT2D eigenvalue weighted by molar-refractivity contribution is 0.0415. The highest BCUT2D eigenvalue weighted by molar-refractivity contribution is 5.78. The number of hydrogen-bond donors (Lipinski definition) is 0. The molecule has 28 heavy (non-hydrogen) atoms. The fourth-order valence-electron chi connectivity index (χ4n) is 3.95. The first-order valence-corrected chi connectivity index (χ1v) is 9.47. The van der Waals surface area contributed by atoms with Gasteiger partial charge in [-0.2, -0.15) is 0 Å². The molecule has 0 bridgehead atoms. The van der Waals surface area contributed by atoms with Gasteiger partial charge in [0.05, 0.1) is 36.7 Å². The van der Waals surface area contributed by atoms with Crippen molar-refractivity contribution < 1.29 is 18.3 Å². The van der Waals surface area contributed by atoms with E-state index in [1.54, 1.807) is 34.1 Å². The molecule has 1 unspecified atom stereocenters. The van der Waals surface area contributed by atoms with Crippen molar-refractivity contribution >= 4 is 16.9 Å². The molecule has 1 atom stereocenters. The van der Waals surface area contributed by atoms with Crippen molar-refractivity contribution in [3.8, 4) is 0 Å². The van der Waals surface area contributed by atoms with E-state index in [0.717, 1.165) is 11.0 Å². The van der Waals surface area contributed by atoms with Gasteiger partial charge >= 0.3 is 6.03 Å². The summed E-state index contributed by atoms with van der Waals surface area (Å²) in [6.45, 7) is 1.73. The van der Waals surface area contributed by atoms with E-state index in [-0.39, 0.29) is 11.9 Å². The molecule has 3 heterocycles. The van der Waals surface area contributed by atoms with Gasteiger partial charge < -0.3 is 14.5 Å². The van der Waals surface area contributed by atoms with Crippen LogP contribution in [-0.2, 0) is 11.3 Å². The maximum atomic E-state index is 13.2. The van der Waals surface area contributed by atoms with Gasteiger partial charge in [-0.3, -0.25) is 9.36 Å². The molecular weight excluding hydrogens is 370 g/mol. The molecule has 0 radical (unpaired) electrons. The van der Waals surface area contributed by atoms with Crippen LogP contribution in [0.25, 0.3) is 10.9 Å². The van der Waals surface area contributed by atoms with Crippen LogP contribution in [0.1, 0.15) is 24.7 Å². The third kappa shape index (κ3) is 3.46. The Hall–Kier alpha value is -2.55. The topological polar surface area (TPSA) is 67.7 Å². The zero-order valence-electron chi connectivity index (χ0n) is 15.4. The molecule has 2 aliphatic heterocycles. The van der Waals surface area contributed by atoms with Gasteiger partial charge in [-0.1, -0.05) is 12.1 Å². The second-order valence-electron chi connectivity index (χ2n) is 7.03. The van der Waals surface area contributed by atoms with E-state index in [9.17, 15) is 18.4 Å². The Kier molecular flexibility index (Phi) is 5.25. The summed E-state index contributed by atoms with van der Waals surface area (Å²) in [7, 11) is 0. The Bertz CT molecular complexity index is 927. The van der Waals surface area contributed by atoms with Crippen LogP contribution in [0.4, 0.5) is 13.6 Å². The fraction of sp³-hybridized carbons (Fsp3) is 0.526. The molecule has 0 aliphatic carbocycles. The number of likely N-dealkylation sites (tertiary alicyclic amines) is 1. The van der Waals surface area contributed by atoms with Crippen LogP contribution >= 0.6 is 0 Å². The van der Waals surface area contributed by atoms with Crippen LogP contribution in [-0.4, -0.2) is 64.7 Å². The van der Waals surface area contributed by atoms with Gasteiger partial charge in [0.25, 0.3) is 12.0 Å². The Balaban J connectivity index is 1.75. The highest BCUT2D eigenvalue weighted by Crippen LogP contribution is 2.32. The number of halogens is 2. The molecule has 0 N–H and O–H groups in total. The first-order valence-electron chi connectivity index (χ1n) is 9.47. The van der Waals surface area contributed by atoms with Crippen LogP contribution in [0.2, 0.25) is 0 Å². The van der Waals surface area contributed by atoms with Crippen LogP contribution in [0.15, 0.2) is 29.1 Å². The summed E-state index contributed by atoms with van der Waals surface area (Å²) in [4.78, 5) is 33.8. The van der Waals surface area contributed by atoms with Gasteiger partial charge in [0, 0.05) is 19.6 Å². The summed E-state index contributed by atoms with van der Waals surface area (Å²) in [5.74, 6) is 0.239. The van der Waals surface area contributed by atoms with Gasteiger partial charge in [-0.25, -0.2) is 18.6 Å². The van der Waals surface area contributed by atoms with E-state index < -0.39 is 24.6 Å². The highest BCUT2D eigenvalue weighted by atomic mass is 19.3. The standard InChI is InChI=1S/C19H22F2N4O3/c20-16(21)12-25-17(22-14-5-2-1-4-13(14)18(25)26)15-6-3-7-24(15)19(27)23-8-10-28-11-9-23/h1-2,4-5,15-16H,3,6-12H2. The number of amides is 2. The molecule has 2 aliphatic rings. The number of nitrogens with zero attached hydrogens (tertiary/aromatic N) is 4. The monoisotopic (exact) mass is 392 g/mol. The summed E-state index contributed by atoms with van der Waals surface area (Å²) >= 11 is 0. The summed E-state index contributed by atoms with van der Waals surface area (Å²) < 4.78 is 32.8. The van der Waals surface area contributed by atoms with Crippen LogP contribution in [0, 0.1) is 0 Å². The quantitative estimate of drug-likeness (QED) is 0.804. The van der Waals surface area contributed by atoms with E-state index in [0.29, 0.717) is 50.2 Å². The molecular formula is C19H22F2N4O3. The SMILES string of the molecule is O=C(N1CCOCC1)N1CCCC1c1nc2ccccc2c(=O)n1CC(F)F. The number of para-hydroxylation sites is 1. The van der Waals surface area contributed by atoms with Crippen molar-refractivity contribution in [2.75, 3.05) is 32.8 Å². The minimum absolute atomic E-state index is 0.156. The van der Waals surface area contributed by atoms with Crippen LogP contribution in [0.5, 0.6) is 0 Å². The van der Waals surface area contributed by atoms with Crippen molar-refractivity contribution in [3.63, 3.8) is 0 Å². The number of alkyl halides is 2. The van der Waals surface area contributed by atoms with E-state index in [4.69, 9.17) is 4.74 Å². The smallest absolute Gasteiger partial charge is 0.320 e. The molecule has 150 valence electrons. The second-order valence-corrected chi connectivity index (χ2v) is 7.03. The van der Waals surface area contributed by atoms with Crippen molar-refractivity contribution in [3.05, 3.63) is 40.4 Å². The highest BCUT2D eigenvalue weighted by Gasteiger charge is 2.36. The molecule has 0 saturated carbocycles. The third-order valence-electron chi connectivity index (χ3n) is 5.29. The van der Waals surface area contributed by atoms with Crippen molar-refractivity contribution in [1.29, 1.82) is 0 Å². The molecule has 1 aromatic carbocycles. The van der Waals surface area contributed by atoms with Crippen molar-refractivity contribution in [2.45, 2.75) is 31.9 Å². The average Bonchev–Trinajstić information content (AvgIpc) is 3.19. The van der Waals surface area contributed by atoms with E-state index in [1.807, 2.05) is 0 Å². The number of rotatable bonds is 3. The predicted molar refractivity (Wildman–Crippen MR) is 98.5 cm³/mol. The van der Waals surface area contributed by atoms with E-state index in [1.165, 1.54) is 0 Å². The third-order valence-corrected chi connectivity index (χ3v) is 5.29. The van der Waals surface area contributed by atoms with Crippen LogP contribution < -0.4 is 5.56 Å². The molecule has 0 spiro atoms. The number of morpholine rings is 1. The number of aromatic nitrogens is 2. The van der Waals surface area contributed by atoms with E-state index >= 15 is 0 Å². The maximum absolute atomic E-state index is 13.2. The van der Waals surface area contributed by atoms with Crippen molar-refractivity contribution in [1.82, 2.24) is 19.4 Å². The van der Waals surface area contributed by atoms with Crippen LogP contribution in [0.3, 0.4) is 0 Å². The van der Waals surface area contributed by atoms with Gasteiger partial charge in [0.2, 0.25) is 0 Å². The molecule has 9 heteroatoms. The first-order chi connectivity index (χ1) is 13.6. The lowest BCUT2D eigenvalue weighted by atomic mass is 10.1. The summed E-state index contributed by atoms with van der Waals surface area (Å²) in [6, 6.07) is 6.06. The van der Waals surface area contributed by atoms with Gasteiger partial charge in [-0.05, 0) is 25.0 Å². The number of urea groups is 1. The number of carbonyl (C=O) groups excluding carboxylic acids is 1. The second kappa shape index (κ2) is 7.83.